The zero-order chi connectivity index (χ0) is 21.3. The van der Waals surface area contributed by atoms with Gasteiger partial charge in [-0.15, -0.1) is 0 Å². The molecule has 3 aromatic rings. The van der Waals surface area contributed by atoms with Crippen LogP contribution in [-0.4, -0.2) is 20.6 Å². The largest absolute Gasteiger partial charge is 0.457 e. The first kappa shape index (κ1) is 20.1. The molecule has 3 rings (SSSR count). The Morgan fingerprint density at radius 1 is 1.03 bits per heavy atom. The number of aromatic nitrogens is 2. The average molecular weight is 394 g/mol. The van der Waals surface area contributed by atoms with Crippen LogP contribution < -0.4 is 10.1 Å². The number of ether oxygens (including phenoxy) is 1. The number of anilines is 1. The second kappa shape index (κ2) is 7.75. The highest BCUT2D eigenvalue weighted by Crippen LogP contribution is 2.31. The summed E-state index contributed by atoms with van der Waals surface area (Å²) < 4.78 is 7.46. The maximum absolute atomic E-state index is 12.7. The molecule has 1 aromatic heterocycles. The van der Waals surface area contributed by atoms with Gasteiger partial charge in [-0.25, -0.2) is 0 Å². The predicted molar refractivity (Wildman–Crippen MR) is 110 cm³/mol. The van der Waals surface area contributed by atoms with E-state index in [-0.39, 0.29) is 23.0 Å². The van der Waals surface area contributed by atoms with E-state index >= 15 is 0 Å². The van der Waals surface area contributed by atoms with E-state index in [1.807, 2.05) is 32.0 Å². The Kier molecular flexibility index (Phi) is 5.36. The lowest BCUT2D eigenvalue weighted by molar-refractivity contribution is -0.384. The van der Waals surface area contributed by atoms with Gasteiger partial charge in [-0.1, -0.05) is 6.07 Å². The highest BCUT2D eigenvalue weighted by molar-refractivity contribution is 6.06. The van der Waals surface area contributed by atoms with Crippen LogP contribution in [0.3, 0.4) is 0 Å². The molecular weight excluding hydrogens is 372 g/mol. The van der Waals surface area contributed by atoms with Crippen LogP contribution in [0, 0.1) is 37.8 Å². The molecule has 0 spiro atoms. The Hall–Kier alpha value is -3.68. The van der Waals surface area contributed by atoms with E-state index in [1.54, 1.807) is 31.6 Å². The summed E-state index contributed by atoms with van der Waals surface area (Å²) in [5.74, 6) is 0.448. The highest BCUT2D eigenvalue weighted by Gasteiger charge is 2.19. The standard InChI is InChI=1S/C21H22N4O4/c1-12-6-13(2)8-18(7-12)29-19-10-16(9-17(11-19)25(27)28)22-21(26)20-14(3)23-24(5)15(20)4/h6-11H,1-5H3,(H,22,26). The van der Waals surface area contributed by atoms with Gasteiger partial charge in [0, 0.05) is 24.9 Å². The Bertz CT molecular complexity index is 1100. The molecule has 0 radical (unpaired) electrons. The van der Waals surface area contributed by atoms with Crippen LogP contribution in [0.5, 0.6) is 11.5 Å². The Balaban J connectivity index is 1.94. The van der Waals surface area contributed by atoms with E-state index in [4.69, 9.17) is 4.74 Å². The average Bonchev–Trinajstić information content (AvgIpc) is 2.85. The van der Waals surface area contributed by atoms with Crippen LogP contribution >= 0.6 is 0 Å². The Morgan fingerprint density at radius 2 is 1.66 bits per heavy atom. The van der Waals surface area contributed by atoms with Gasteiger partial charge in [0.1, 0.15) is 11.5 Å². The predicted octanol–water partition coefficient (Wildman–Crippen LogP) is 4.61. The number of rotatable bonds is 5. The third kappa shape index (κ3) is 4.43. The number of nitrogens with one attached hydrogen (secondary N) is 1. The summed E-state index contributed by atoms with van der Waals surface area (Å²) in [5.41, 5.74) is 3.85. The van der Waals surface area contributed by atoms with Gasteiger partial charge in [0.05, 0.1) is 27.9 Å². The molecule has 2 aromatic carbocycles. The summed E-state index contributed by atoms with van der Waals surface area (Å²) in [6, 6.07) is 9.87. The molecule has 0 saturated heterocycles. The number of hydrogen-bond acceptors (Lipinski definition) is 5. The van der Waals surface area contributed by atoms with Crippen LogP contribution in [0.1, 0.15) is 32.9 Å². The lowest BCUT2D eigenvalue weighted by Crippen LogP contribution is -2.14. The summed E-state index contributed by atoms with van der Waals surface area (Å²) in [6.45, 7) is 7.41. The van der Waals surface area contributed by atoms with Crippen molar-refractivity contribution < 1.29 is 14.5 Å². The molecule has 0 aliphatic rings. The summed E-state index contributed by atoms with van der Waals surface area (Å²) in [5, 5.41) is 18.3. The summed E-state index contributed by atoms with van der Waals surface area (Å²) in [7, 11) is 1.75. The number of nitrogens with zero attached hydrogens (tertiary/aromatic N) is 3. The van der Waals surface area contributed by atoms with Crippen LogP contribution in [0.15, 0.2) is 36.4 Å². The van der Waals surface area contributed by atoms with Gasteiger partial charge in [0.25, 0.3) is 11.6 Å². The number of carbonyl (C=O) groups excluding carboxylic acids is 1. The van der Waals surface area contributed by atoms with E-state index in [1.165, 1.54) is 12.1 Å². The molecule has 0 fully saturated rings. The molecule has 29 heavy (non-hydrogen) atoms. The molecule has 8 nitrogen and oxygen atoms in total. The fraction of sp³-hybridized carbons (Fsp3) is 0.238. The van der Waals surface area contributed by atoms with Crippen molar-refractivity contribution in [2.45, 2.75) is 27.7 Å². The second-order valence-electron chi connectivity index (χ2n) is 7.02. The van der Waals surface area contributed by atoms with Crippen molar-refractivity contribution in [3.05, 3.63) is 74.6 Å². The molecule has 1 N–H and O–H groups in total. The third-order valence-electron chi connectivity index (χ3n) is 4.53. The van der Waals surface area contributed by atoms with Crippen molar-refractivity contribution in [2.75, 3.05) is 5.32 Å². The lowest BCUT2D eigenvalue weighted by atomic mass is 10.1. The molecule has 0 atom stereocenters. The molecule has 8 heteroatoms. The van der Waals surface area contributed by atoms with Crippen molar-refractivity contribution in [2.24, 2.45) is 7.05 Å². The van der Waals surface area contributed by atoms with E-state index in [2.05, 4.69) is 10.4 Å². The smallest absolute Gasteiger partial charge is 0.275 e. The molecule has 1 amide bonds. The molecular formula is C21H22N4O4. The van der Waals surface area contributed by atoms with Gasteiger partial charge in [0.2, 0.25) is 0 Å². The summed E-state index contributed by atoms with van der Waals surface area (Å²) in [6.07, 6.45) is 0. The van der Waals surface area contributed by atoms with Crippen LogP contribution in [0.4, 0.5) is 11.4 Å². The fourth-order valence-electron chi connectivity index (χ4n) is 3.24. The molecule has 0 bridgehead atoms. The lowest BCUT2D eigenvalue weighted by Gasteiger charge is -2.11. The van der Waals surface area contributed by atoms with Crippen molar-refractivity contribution in [3.8, 4) is 11.5 Å². The molecule has 0 unspecified atom stereocenters. The van der Waals surface area contributed by atoms with Crippen LogP contribution in [-0.2, 0) is 7.05 Å². The first-order chi connectivity index (χ1) is 13.6. The first-order valence-corrected chi connectivity index (χ1v) is 9.01. The molecule has 0 aliphatic carbocycles. The van der Waals surface area contributed by atoms with Crippen molar-refractivity contribution in [3.63, 3.8) is 0 Å². The number of benzene rings is 2. The molecule has 0 saturated carbocycles. The maximum Gasteiger partial charge on any atom is 0.275 e. The topological polar surface area (TPSA) is 99.3 Å². The van der Waals surface area contributed by atoms with Crippen molar-refractivity contribution in [1.29, 1.82) is 0 Å². The SMILES string of the molecule is Cc1cc(C)cc(Oc2cc(NC(=O)c3c(C)nn(C)c3C)cc([N+](=O)[O-])c2)c1. The van der Waals surface area contributed by atoms with E-state index in [9.17, 15) is 14.9 Å². The number of amides is 1. The first-order valence-electron chi connectivity index (χ1n) is 9.01. The maximum atomic E-state index is 12.7. The summed E-state index contributed by atoms with van der Waals surface area (Å²) in [4.78, 5) is 23.6. The van der Waals surface area contributed by atoms with Gasteiger partial charge >= 0.3 is 0 Å². The van der Waals surface area contributed by atoms with Gasteiger partial charge in [0.15, 0.2) is 0 Å². The quantitative estimate of drug-likeness (QED) is 0.503. The minimum absolute atomic E-state index is 0.179. The Labute approximate surface area is 168 Å². The molecule has 0 aliphatic heterocycles. The third-order valence-corrected chi connectivity index (χ3v) is 4.53. The normalized spacial score (nSPS) is 10.7. The number of carbonyl (C=O) groups is 1. The molecule has 1 heterocycles. The fourth-order valence-corrected chi connectivity index (χ4v) is 3.24. The zero-order valence-corrected chi connectivity index (χ0v) is 16.9. The number of nitro groups is 1. The number of hydrogen-bond donors (Lipinski definition) is 1. The van der Waals surface area contributed by atoms with Crippen LogP contribution in [0.2, 0.25) is 0 Å². The van der Waals surface area contributed by atoms with Gasteiger partial charge < -0.3 is 10.1 Å². The van der Waals surface area contributed by atoms with Crippen LogP contribution in [0.25, 0.3) is 0 Å². The zero-order valence-electron chi connectivity index (χ0n) is 16.9. The number of aryl methyl sites for hydroxylation is 4. The van der Waals surface area contributed by atoms with Gasteiger partial charge in [-0.3, -0.25) is 19.6 Å². The van der Waals surface area contributed by atoms with Crippen molar-refractivity contribution >= 4 is 17.3 Å². The van der Waals surface area contributed by atoms with Crippen molar-refractivity contribution in [1.82, 2.24) is 9.78 Å². The minimum Gasteiger partial charge on any atom is -0.457 e. The van der Waals surface area contributed by atoms with E-state index in [0.29, 0.717) is 22.7 Å². The highest BCUT2D eigenvalue weighted by atomic mass is 16.6. The van der Waals surface area contributed by atoms with E-state index in [0.717, 1.165) is 11.1 Å². The number of nitro benzene ring substituents is 1. The summed E-state index contributed by atoms with van der Waals surface area (Å²) >= 11 is 0. The number of non-ortho nitro benzene ring substituents is 1. The minimum atomic E-state index is -0.523. The monoisotopic (exact) mass is 394 g/mol. The van der Waals surface area contributed by atoms with E-state index < -0.39 is 4.92 Å². The van der Waals surface area contributed by atoms with Gasteiger partial charge in [-0.05, 0) is 51.0 Å². The second-order valence-corrected chi connectivity index (χ2v) is 7.02. The molecule has 150 valence electrons. The van der Waals surface area contributed by atoms with Gasteiger partial charge in [-0.2, -0.15) is 5.10 Å². The Morgan fingerprint density at radius 3 is 2.21 bits per heavy atom.